The van der Waals surface area contributed by atoms with E-state index < -0.39 is 5.54 Å². The number of carbonyl (C=O) groups excluding carboxylic acids is 2. The minimum atomic E-state index is -0.827. The first-order chi connectivity index (χ1) is 9.91. The molecular formula is C15H16N4O2. The van der Waals surface area contributed by atoms with Crippen LogP contribution in [-0.4, -0.2) is 28.9 Å². The first kappa shape index (κ1) is 13.4. The Labute approximate surface area is 121 Å². The Bertz CT molecular complexity index is 754. The average molecular weight is 284 g/mol. The maximum absolute atomic E-state index is 12.1. The summed E-state index contributed by atoms with van der Waals surface area (Å²) < 4.78 is 0. The van der Waals surface area contributed by atoms with Gasteiger partial charge in [0, 0.05) is 34.5 Å². The van der Waals surface area contributed by atoms with E-state index in [1.165, 1.54) is 0 Å². The summed E-state index contributed by atoms with van der Waals surface area (Å²) in [4.78, 5) is 29.8. The fourth-order valence-electron chi connectivity index (χ4n) is 2.60. The number of imide groups is 1. The number of anilines is 2. The minimum Gasteiger partial charge on any atom is -0.398 e. The molecule has 3 N–H and O–H groups in total. The maximum atomic E-state index is 12.1. The first-order valence-electron chi connectivity index (χ1n) is 6.65. The van der Waals surface area contributed by atoms with Gasteiger partial charge in [0.1, 0.15) is 5.54 Å². The number of aromatic nitrogens is 1. The highest BCUT2D eigenvalue weighted by molar-refractivity contribution is 6.09. The highest BCUT2D eigenvalue weighted by Crippen LogP contribution is 2.34. The second-order valence-corrected chi connectivity index (χ2v) is 5.62. The Morgan fingerprint density at radius 3 is 2.76 bits per heavy atom. The first-order valence-corrected chi connectivity index (χ1v) is 6.65. The number of rotatable bonds is 1. The molecule has 1 aromatic carbocycles. The summed E-state index contributed by atoms with van der Waals surface area (Å²) in [5.74, 6) is -0.624. The van der Waals surface area contributed by atoms with Gasteiger partial charge in [-0.1, -0.05) is 0 Å². The van der Waals surface area contributed by atoms with Gasteiger partial charge in [-0.25, -0.2) is 0 Å². The molecule has 0 atom stereocenters. The largest absolute Gasteiger partial charge is 0.398 e. The summed E-state index contributed by atoms with van der Waals surface area (Å²) in [6.45, 7) is 3.69. The standard InChI is InChI=1S/C15H16N4O2/c1-15(2)14(21)18-13(20)8-19(15)12-4-3-11(16)9-5-6-17-7-10(9)12/h3-7H,8,16H2,1-2H3,(H,18,20,21). The third-order valence-electron chi connectivity index (χ3n) is 3.90. The number of pyridine rings is 1. The Kier molecular flexibility index (Phi) is 2.83. The lowest BCUT2D eigenvalue weighted by Crippen LogP contribution is -2.64. The Balaban J connectivity index is 2.22. The lowest BCUT2D eigenvalue weighted by molar-refractivity contribution is -0.135. The number of carbonyl (C=O) groups is 2. The second-order valence-electron chi connectivity index (χ2n) is 5.62. The van der Waals surface area contributed by atoms with Crippen LogP contribution < -0.4 is 16.0 Å². The van der Waals surface area contributed by atoms with Crippen molar-refractivity contribution in [2.75, 3.05) is 17.2 Å². The molecule has 108 valence electrons. The van der Waals surface area contributed by atoms with Crippen molar-refractivity contribution >= 4 is 34.0 Å². The number of amides is 2. The molecule has 0 unspecified atom stereocenters. The predicted octanol–water partition coefficient (Wildman–Crippen LogP) is 1.06. The van der Waals surface area contributed by atoms with Crippen LogP contribution in [0.4, 0.5) is 11.4 Å². The van der Waals surface area contributed by atoms with Gasteiger partial charge in [-0.3, -0.25) is 19.9 Å². The molecular weight excluding hydrogens is 268 g/mol. The van der Waals surface area contributed by atoms with Crippen LogP contribution in [0.5, 0.6) is 0 Å². The van der Waals surface area contributed by atoms with Crippen LogP contribution in [-0.2, 0) is 9.59 Å². The number of hydrogen-bond donors (Lipinski definition) is 2. The number of fused-ring (bicyclic) bond motifs is 1. The van der Waals surface area contributed by atoms with Crippen LogP contribution >= 0.6 is 0 Å². The van der Waals surface area contributed by atoms with Crippen LogP contribution in [0.1, 0.15) is 13.8 Å². The van der Waals surface area contributed by atoms with Gasteiger partial charge < -0.3 is 10.6 Å². The van der Waals surface area contributed by atoms with Crippen LogP contribution in [0.2, 0.25) is 0 Å². The predicted molar refractivity (Wildman–Crippen MR) is 80.7 cm³/mol. The average Bonchev–Trinajstić information content (AvgIpc) is 2.44. The molecule has 2 amide bonds. The van der Waals surface area contributed by atoms with E-state index in [0.29, 0.717) is 5.69 Å². The summed E-state index contributed by atoms with van der Waals surface area (Å²) >= 11 is 0. The fourth-order valence-corrected chi connectivity index (χ4v) is 2.60. The molecule has 0 radical (unpaired) electrons. The summed E-state index contributed by atoms with van der Waals surface area (Å²) in [5, 5.41) is 4.05. The molecule has 21 heavy (non-hydrogen) atoms. The number of piperazine rings is 1. The zero-order chi connectivity index (χ0) is 15.2. The monoisotopic (exact) mass is 284 g/mol. The molecule has 2 heterocycles. The molecule has 0 saturated carbocycles. The van der Waals surface area contributed by atoms with Crippen molar-refractivity contribution in [2.24, 2.45) is 0 Å². The molecule has 1 fully saturated rings. The molecule has 1 saturated heterocycles. The van der Waals surface area contributed by atoms with Crippen molar-refractivity contribution in [3.05, 3.63) is 30.6 Å². The second kappa shape index (κ2) is 4.44. The van der Waals surface area contributed by atoms with Gasteiger partial charge in [0.15, 0.2) is 0 Å². The van der Waals surface area contributed by atoms with Crippen molar-refractivity contribution < 1.29 is 9.59 Å². The fraction of sp³-hybridized carbons (Fsp3) is 0.267. The van der Waals surface area contributed by atoms with Gasteiger partial charge >= 0.3 is 0 Å². The Morgan fingerprint density at radius 1 is 1.24 bits per heavy atom. The van der Waals surface area contributed by atoms with Crippen molar-refractivity contribution in [3.63, 3.8) is 0 Å². The van der Waals surface area contributed by atoms with E-state index in [0.717, 1.165) is 16.5 Å². The molecule has 1 aliphatic rings. The van der Waals surface area contributed by atoms with Crippen molar-refractivity contribution in [1.82, 2.24) is 10.3 Å². The highest BCUT2D eigenvalue weighted by Gasteiger charge is 2.41. The minimum absolute atomic E-state index is 0.118. The maximum Gasteiger partial charge on any atom is 0.251 e. The quantitative estimate of drug-likeness (QED) is 0.604. The third-order valence-corrected chi connectivity index (χ3v) is 3.90. The van der Waals surface area contributed by atoms with Crippen molar-refractivity contribution in [1.29, 1.82) is 0 Å². The lowest BCUT2D eigenvalue weighted by atomic mass is 9.96. The lowest BCUT2D eigenvalue weighted by Gasteiger charge is -2.42. The van der Waals surface area contributed by atoms with Crippen LogP contribution in [0.15, 0.2) is 30.6 Å². The van der Waals surface area contributed by atoms with Gasteiger partial charge in [-0.15, -0.1) is 0 Å². The number of nitrogens with one attached hydrogen (secondary N) is 1. The van der Waals surface area contributed by atoms with Crippen LogP contribution in [0, 0.1) is 0 Å². The van der Waals surface area contributed by atoms with Crippen LogP contribution in [0.25, 0.3) is 10.8 Å². The zero-order valence-electron chi connectivity index (χ0n) is 11.9. The van der Waals surface area contributed by atoms with Gasteiger partial charge in [0.25, 0.3) is 5.91 Å². The van der Waals surface area contributed by atoms with E-state index in [4.69, 9.17) is 5.73 Å². The molecule has 0 bridgehead atoms. The van der Waals surface area contributed by atoms with Crippen molar-refractivity contribution in [3.8, 4) is 0 Å². The number of nitrogen functional groups attached to an aromatic ring is 1. The molecule has 3 rings (SSSR count). The van der Waals surface area contributed by atoms with Gasteiger partial charge in [-0.05, 0) is 32.0 Å². The molecule has 0 aliphatic carbocycles. The Morgan fingerprint density at radius 2 is 2.00 bits per heavy atom. The zero-order valence-corrected chi connectivity index (χ0v) is 11.9. The van der Waals surface area contributed by atoms with Crippen LogP contribution in [0.3, 0.4) is 0 Å². The molecule has 0 spiro atoms. The number of hydrogen-bond acceptors (Lipinski definition) is 5. The molecule has 6 heteroatoms. The van der Waals surface area contributed by atoms with E-state index in [9.17, 15) is 9.59 Å². The third kappa shape index (κ3) is 1.99. The van der Waals surface area contributed by atoms with E-state index in [1.54, 1.807) is 37.2 Å². The highest BCUT2D eigenvalue weighted by atomic mass is 16.2. The number of nitrogens with zero attached hydrogens (tertiary/aromatic N) is 2. The number of nitrogens with two attached hydrogens (primary N) is 1. The van der Waals surface area contributed by atoms with E-state index >= 15 is 0 Å². The topological polar surface area (TPSA) is 88.3 Å². The van der Waals surface area contributed by atoms with Gasteiger partial charge in [-0.2, -0.15) is 0 Å². The molecule has 1 aromatic heterocycles. The summed E-state index contributed by atoms with van der Waals surface area (Å²) in [6.07, 6.45) is 3.37. The smallest absolute Gasteiger partial charge is 0.251 e. The normalized spacial score (nSPS) is 17.9. The van der Waals surface area contributed by atoms with Gasteiger partial charge in [0.2, 0.25) is 5.91 Å². The summed E-state index contributed by atoms with van der Waals surface area (Å²) in [5.41, 5.74) is 6.58. The van der Waals surface area contributed by atoms with Gasteiger partial charge in [0.05, 0.1) is 6.54 Å². The van der Waals surface area contributed by atoms with E-state index in [2.05, 4.69) is 10.3 Å². The number of benzene rings is 1. The molecule has 1 aliphatic heterocycles. The molecule has 2 aromatic rings. The molecule has 6 nitrogen and oxygen atoms in total. The SMILES string of the molecule is CC1(C)C(=O)NC(=O)CN1c1ccc(N)c2ccncc12. The summed E-state index contributed by atoms with van der Waals surface area (Å²) in [6, 6.07) is 5.44. The summed E-state index contributed by atoms with van der Waals surface area (Å²) in [7, 11) is 0. The van der Waals surface area contributed by atoms with E-state index in [-0.39, 0.29) is 18.4 Å². The Hall–Kier alpha value is -2.63. The van der Waals surface area contributed by atoms with E-state index in [1.807, 2.05) is 12.1 Å². The van der Waals surface area contributed by atoms with Crippen molar-refractivity contribution in [2.45, 2.75) is 19.4 Å².